The van der Waals surface area contributed by atoms with Crippen LogP contribution in [-0.4, -0.2) is 9.97 Å². The standard InChI is InChI=1S/C13H17N3/c1-10(2)11-4-3-5-12(8-11)16-9-13-14-6-7-15-13/h3-8,10,16H,9H2,1-2H3,(H,14,15). The van der Waals surface area contributed by atoms with Gasteiger partial charge in [0.05, 0.1) is 6.54 Å². The summed E-state index contributed by atoms with van der Waals surface area (Å²) in [5.74, 6) is 1.51. The lowest BCUT2D eigenvalue weighted by Crippen LogP contribution is -2.01. The summed E-state index contributed by atoms with van der Waals surface area (Å²) in [6.07, 6.45) is 3.60. The minimum absolute atomic E-state index is 0.561. The van der Waals surface area contributed by atoms with Gasteiger partial charge in [-0.25, -0.2) is 4.98 Å². The molecule has 3 nitrogen and oxygen atoms in total. The first-order chi connectivity index (χ1) is 7.75. The molecule has 0 aliphatic carbocycles. The van der Waals surface area contributed by atoms with E-state index in [0.717, 1.165) is 18.1 Å². The maximum absolute atomic E-state index is 4.17. The van der Waals surface area contributed by atoms with Crippen molar-refractivity contribution in [3.8, 4) is 0 Å². The molecule has 0 amide bonds. The first-order valence-electron chi connectivity index (χ1n) is 5.58. The van der Waals surface area contributed by atoms with Crippen molar-refractivity contribution in [2.24, 2.45) is 0 Å². The van der Waals surface area contributed by atoms with E-state index in [2.05, 4.69) is 53.4 Å². The lowest BCUT2D eigenvalue weighted by molar-refractivity contribution is 0.866. The maximum atomic E-state index is 4.17. The number of benzene rings is 1. The Bertz CT molecular complexity index is 432. The third-order valence-electron chi connectivity index (χ3n) is 2.57. The molecule has 84 valence electrons. The number of aromatic amines is 1. The molecule has 3 heteroatoms. The highest BCUT2D eigenvalue weighted by Crippen LogP contribution is 2.18. The molecule has 1 aromatic carbocycles. The Morgan fingerprint density at radius 1 is 1.38 bits per heavy atom. The molecule has 0 aliphatic heterocycles. The van der Waals surface area contributed by atoms with Crippen molar-refractivity contribution in [3.05, 3.63) is 48.0 Å². The van der Waals surface area contributed by atoms with Gasteiger partial charge in [0.1, 0.15) is 5.82 Å². The number of rotatable bonds is 4. The van der Waals surface area contributed by atoms with Gasteiger partial charge in [0.15, 0.2) is 0 Å². The number of H-pyrrole nitrogens is 1. The molecule has 0 atom stereocenters. The van der Waals surface area contributed by atoms with Gasteiger partial charge in [-0.1, -0.05) is 26.0 Å². The highest BCUT2D eigenvalue weighted by molar-refractivity contribution is 5.46. The number of hydrogen-bond acceptors (Lipinski definition) is 2. The molecule has 1 heterocycles. The SMILES string of the molecule is CC(C)c1cccc(NCc2ncc[nH]2)c1. The first kappa shape index (κ1) is 10.7. The molecule has 0 radical (unpaired) electrons. The van der Waals surface area contributed by atoms with E-state index in [9.17, 15) is 0 Å². The topological polar surface area (TPSA) is 40.7 Å². The highest BCUT2D eigenvalue weighted by Gasteiger charge is 2.00. The first-order valence-corrected chi connectivity index (χ1v) is 5.58. The smallest absolute Gasteiger partial charge is 0.125 e. The second kappa shape index (κ2) is 4.84. The Morgan fingerprint density at radius 2 is 2.25 bits per heavy atom. The van der Waals surface area contributed by atoms with Gasteiger partial charge in [-0.2, -0.15) is 0 Å². The normalized spacial score (nSPS) is 10.7. The fourth-order valence-corrected chi connectivity index (χ4v) is 1.59. The number of hydrogen-bond donors (Lipinski definition) is 2. The van der Waals surface area contributed by atoms with Gasteiger partial charge in [0, 0.05) is 18.1 Å². The molecule has 2 rings (SSSR count). The molecule has 0 spiro atoms. The van der Waals surface area contributed by atoms with Crippen molar-refractivity contribution in [3.63, 3.8) is 0 Å². The van der Waals surface area contributed by atoms with Gasteiger partial charge >= 0.3 is 0 Å². The zero-order valence-electron chi connectivity index (χ0n) is 9.70. The molecule has 0 unspecified atom stereocenters. The summed E-state index contributed by atoms with van der Waals surface area (Å²) < 4.78 is 0. The van der Waals surface area contributed by atoms with Crippen LogP contribution in [0.5, 0.6) is 0 Å². The Hall–Kier alpha value is -1.77. The van der Waals surface area contributed by atoms with Crippen molar-refractivity contribution < 1.29 is 0 Å². The van der Waals surface area contributed by atoms with Crippen LogP contribution in [0.4, 0.5) is 5.69 Å². The second-order valence-electron chi connectivity index (χ2n) is 4.17. The van der Waals surface area contributed by atoms with E-state index in [0.29, 0.717) is 5.92 Å². The van der Waals surface area contributed by atoms with E-state index in [1.807, 2.05) is 6.20 Å². The molecule has 1 aromatic heterocycles. The average Bonchev–Trinajstić information content (AvgIpc) is 2.79. The third-order valence-corrected chi connectivity index (χ3v) is 2.57. The summed E-state index contributed by atoms with van der Waals surface area (Å²) in [6.45, 7) is 5.13. The number of nitrogens with zero attached hydrogens (tertiary/aromatic N) is 1. The quantitative estimate of drug-likeness (QED) is 0.822. The summed E-state index contributed by atoms with van der Waals surface area (Å²) in [4.78, 5) is 7.24. The van der Waals surface area contributed by atoms with Crippen molar-refractivity contribution >= 4 is 5.69 Å². The van der Waals surface area contributed by atoms with Crippen molar-refractivity contribution in [2.75, 3.05) is 5.32 Å². The molecule has 0 saturated carbocycles. The minimum Gasteiger partial charge on any atom is -0.378 e. The lowest BCUT2D eigenvalue weighted by atomic mass is 10.0. The minimum atomic E-state index is 0.561. The molecule has 0 saturated heterocycles. The number of anilines is 1. The summed E-state index contributed by atoms with van der Waals surface area (Å²) in [6, 6.07) is 8.50. The van der Waals surface area contributed by atoms with Crippen LogP contribution in [0.15, 0.2) is 36.7 Å². The highest BCUT2D eigenvalue weighted by atomic mass is 15.0. The van der Waals surface area contributed by atoms with Crippen LogP contribution in [0.1, 0.15) is 31.2 Å². The van der Waals surface area contributed by atoms with Gasteiger partial charge in [0.2, 0.25) is 0 Å². The summed E-state index contributed by atoms with van der Waals surface area (Å²) in [5, 5.41) is 3.35. The van der Waals surface area contributed by atoms with Crippen molar-refractivity contribution in [1.29, 1.82) is 0 Å². The fourth-order valence-electron chi connectivity index (χ4n) is 1.59. The van der Waals surface area contributed by atoms with Crippen molar-refractivity contribution in [1.82, 2.24) is 9.97 Å². The molecule has 16 heavy (non-hydrogen) atoms. The van der Waals surface area contributed by atoms with Gasteiger partial charge in [-0.3, -0.25) is 0 Å². The molecular formula is C13H17N3. The Balaban J connectivity index is 2.01. The van der Waals surface area contributed by atoms with Gasteiger partial charge in [0.25, 0.3) is 0 Å². The monoisotopic (exact) mass is 215 g/mol. The van der Waals surface area contributed by atoms with Crippen LogP contribution >= 0.6 is 0 Å². The molecule has 0 bridgehead atoms. The Labute approximate surface area is 95.9 Å². The zero-order valence-corrected chi connectivity index (χ0v) is 9.70. The zero-order chi connectivity index (χ0) is 11.4. The van der Waals surface area contributed by atoms with Crippen LogP contribution < -0.4 is 5.32 Å². The molecule has 2 aromatic rings. The number of imidazole rings is 1. The van der Waals surface area contributed by atoms with Crippen LogP contribution in [0, 0.1) is 0 Å². The maximum Gasteiger partial charge on any atom is 0.125 e. The van der Waals surface area contributed by atoms with Crippen LogP contribution in [0.2, 0.25) is 0 Å². The third kappa shape index (κ3) is 2.63. The summed E-state index contributed by atoms with van der Waals surface area (Å²) in [5.41, 5.74) is 2.49. The lowest BCUT2D eigenvalue weighted by Gasteiger charge is -2.09. The van der Waals surface area contributed by atoms with E-state index in [-0.39, 0.29) is 0 Å². The van der Waals surface area contributed by atoms with Crippen LogP contribution in [0.3, 0.4) is 0 Å². The largest absolute Gasteiger partial charge is 0.378 e. The Kier molecular flexibility index (Phi) is 3.25. The van der Waals surface area contributed by atoms with E-state index < -0.39 is 0 Å². The van der Waals surface area contributed by atoms with E-state index in [1.165, 1.54) is 5.56 Å². The van der Waals surface area contributed by atoms with Gasteiger partial charge < -0.3 is 10.3 Å². The van der Waals surface area contributed by atoms with Crippen LogP contribution in [0.25, 0.3) is 0 Å². The fraction of sp³-hybridized carbons (Fsp3) is 0.308. The number of nitrogens with one attached hydrogen (secondary N) is 2. The van der Waals surface area contributed by atoms with E-state index in [1.54, 1.807) is 6.20 Å². The molecule has 0 fully saturated rings. The Morgan fingerprint density at radius 3 is 2.94 bits per heavy atom. The molecule has 2 N–H and O–H groups in total. The molecular weight excluding hydrogens is 198 g/mol. The second-order valence-corrected chi connectivity index (χ2v) is 4.17. The van der Waals surface area contributed by atoms with E-state index >= 15 is 0 Å². The average molecular weight is 215 g/mol. The van der Waals surface area contributed by atoms with Crippen LogP contribution in [-0.2, 0) is 6.54 Å². The molecule has 0 aliphatic rings. The number of aromatic nitrogens is 2. The summed E-state index contributed by atoms with van der Waals surface area (Å²) in [7, 11) is 0. The van der Waals surface area contributed by atoms with E-state index in [4.69, 9.17) is 0 Å². The van der Waals surface area contributed by atoms with Gasteiger partial charge in [-0.05, 0) is 23.6 Å². The van der Waals surface area contributed by atoms with Crippen molar-refractivity contribution in [2.45, 2.75) is 26.3 Å². The predicted octanol–water partition coefficient (Wildman–Crippen LogP) is 3.15. The summed E-state index contributed by atoms with van der Waals surface area (Å²) >= 11 is 0. The van der Waals surface area contributed by atoms with Gasteiger partial charge in [-0.15, -0.1) is 0 Å². The predicted molar refractivity (Wildman–Crippen MR) is 66.4 cm³/mol.